The molecule has 0 saturated heterocycles. The predicted octanol–water partition coefficient (Wildman–Crippen LogP) is 1.78. The molecule has 0 atom stereocenters. The average molecular weight is 231 g/mol. The fourth-order valence-electron chi connectivity index (χ4n) is 2.06. The lowest BCUT2D eigenvalue weighted by atomic mass is 9.95. The van der Waals surface area contributed by atoms with Gasteiger partial charge in [-0.15, -0.1) is 0 Å². The van der Waals surface area contributed by atoms with Crippen molar-refractivity contribution in [3.05, 3.63) is 41.5 Å². The minimum Gasteiger partial charge on any atom is -0.469 e. The van der Waals surface area contributed by atoms with E-state index in [4.69, 9.17) is 4.74 Å². The Kier molecular flexibility index (Phi) is 3.94. The van der Waals surface area contributed by atoms with Crippen molar-refractivity contribution < 1.29 is 9.53 Å². The van der Waals surface area contributed by atoms with E-state index in [2.05, 4.69) is 17.5 Å². The number of esters is 1. The standard InChI is InChI=1S/C14H17NO2/c1-17-14(16)9-11-5-2-3-7-13(11)12-6-4-8-15-10-12/h2-3,5-7,15H,4,8-10H2,1H3. The molecule has 1 aliphatic heterocycles. The molecule has 1 N–H and O–H groups in total. The van der Waals surface area contributed by atoms with Crippen molar-refractivity contribution in [1.82, 2.24) is 5.32 Å². The van der Waals surface area contributed by atoms with Crippen LogP contribution in [-0.2, 0) is 16.0 Å². The predicted molar refractivity (Wildman–Crippen MR) is 67.6 cm³/mol. The Morgan fingerprint density at radius 2 is 2.24 bits per heavy atom. The maximum atomic E-state index is 11.4. The molecule has 0 unspecified atom stereocenters. The molecular weight excluding hydrogens is 214 g/mol. The Morgan fingerprint density at radius 1 is 1.41 bits per heavy atom. The van der Waals surface area contributed by atoms with Gasteiger partial charge >= 0.3 is 5.97 Å². The third-order valence-corrected chi connectivity index (χ3v) is 2.95. The first-order chi connectivity index (χ1) is 8.31. The number of carbonyl (C=O) groups excluding carboxylic acids is 1. The van der Waals surface area contributed by atoms with Crippen LogP contribution in [0.15, 0.2) is 30.3 Å². The molecule has 0 aromatic heterocycles. The topological polar surface area (TPSA) is 38.3 Å². The monoisotopic (exact) mass is 231 g/mol. The van der Waals surface area contributed by atoms with Crippen molar-refractivity contribution in [2.24, 2.45) is 0 Å². The van der Waals surface area contributed by atoms with E-state index >= 15 is 0 Å². The Bertz CT molecular complexity index is 438. The van der Waals surface area contributed by atoms with E-state index in [1.54, 1.807) is 0 Å². The number of nitrogens with one attached hydrogen (secondary N) is 1. The second-order valence-corrected chi connectivity index (χ2v) is 4.10. The molecule has 3 nitrogen and oxygen atoms in total. The number of carbonyl (C=O) groups is 1. The molecule has 0 radical (unpaired) electrons. The first-order valence-electron chi connectivity index (χ1n) is 5.86. The first-order valence-corrected chi connectivity index (χ1v) is 5.86. The highest BCUT2D eigenvalue weighted by Crippen LogP contribution is 2.21. The zero-order chi connectivity index (χ0) is 12.1. The van der Waals surface area contributed by atoms with Crippen LogP contribution in [0.5, 0.6) is 0 Å². The molecule has 1 aromatic rings. The third kappa shape index (κ3) is 2.94. The average Bonchev–Trinajstić information content (AvgIpc) is 2.40. The van der Waals surface area contributed by atoms with Gasteiger partial charge in [0.15, 0.2) is 0 Å². The molecule has 0 amide bonds. The van der Waals surface area contributed by atoms with Gasteiger partial charge in [-0.2, -0.15) is 0 Å². The normalized spacial score (nSPS) is 15.2. The van der Waals surface area contributed by atoms with E-state index in [0.29, 0.717) is 6.42 Å². The molecule has 0 saturated carbocycles. The smallest absolute Gasteiger partial charge is 0.309 e. The van der Waals surface area contributed by atoms with E-state index < -0.39 is 0 Å². The number of rotatable bonds is 3. The molecule has 1 heterocycles. The zero-order valence-electron chi connectivity index (χ0n) is 10.0. The van der Waals surface area contributed by atoms with Gasteiger partial charge < -0.3 is 10.1 Å². The SMILES string of the molecule is COC(=O)Cc1ccccc1C1=CCCNC1. The zero-order valence-corrected chi connectivity index (χ0v) is 10.0. The Balaban J connectivity index is 2.26. The van der Waals surface area contributed by atoms with Crippen LogP contribution < -0.4 is 5.32 Å². The summed E-state index contributed by atoms with van der Waals surface area (Å²) in [5.74, 6) is -0.193. The van der Waals surface area contributed by atoms with Gasteiger partial charge in [-0.1, -0.05) is 30.3 Å². The molecule has 1 aliphatic rings. The van der Waals surface area contributed by atoms with Gasteiger partial charge in [-0.25, -0.2) is 0 Å². The van der Waals surface area contributed by atoms with Crippen molar-refractivity contribution >= 4 is 11.5 Å². The highest BCUT2D eigenvalue weighted by Gasteiger charge is 2.12. The van der Waals surface area contributed by atoms with Crippen LogP contribution in [0, 0.1) is 0 Å². The molecule has 17 heavy (non-hydrogen) atoms. The Hall–Kier alpha value is -1.61. The second kappa shape index (κ2) is 5.64. The minimum absolute atomic E-state index is 0.193. The lowest BCUT2D eigenvalue weighted by Gasteiger charge is -2.17. The third-order valence-electron chi connectivity index (χ3n) is 2.95. The number of benzene rings is 1. The van der Waals surface area contributed by atoms with Crippen molar-refractivity contribution in [2.45, 2.75) is 12.8 Å². The molecule has 2 rings (SSSR count). The summed E-state index contributed by atoms with van der Waals surface area (Å²) in [7, 11) is 1.42. The Morgan fingerprint density at radius 3 is 2.94 bits per heavy atom. The fourth-order valence-corrected chi connectivity index (χ4v) is 2.06. The quantitative estimate of drug-likeness (QED) is 0.806. The van der Waals surface area contributed by atoms with E-state index in [1.165, 1.54) is 12.7 Å². The summed E-state index contributed by atoms with van der Waals surface area (Å²) in [6.45, 7) is 1.90. The second-order valence-electron chi connectivity index (χ2n) is 4.10. The van der Waals surface area contributed by atoms with Gasteiger partial charge in [0, 0.05) is 6.54 Å². The largest absolute Gasteiger partial charge is 0.469 e. The van der Waals surface area contributed by atoms with Crippen LogP contribution >= 0.6 is 0 Å². The molecule has 0 aliphatic carbocycles. The molecule has 3 heteroatoms. The summed E-state index contributed by atoms with van der Waals surface area (Å²) >= 11 is 0. The maximum Gasteiger partial charge on any atom is 0.309 e. The van der Waals surface area contributed by atoms with Gasteiger partial charge in [0.05, 0.1) is 13.5 Å². The molecular formula is C14H17NO2. The fraction of sp³-hybridized carbons (Fsp3) is 0.357. The van der Waals surface area contributed by atoms with Crippen molar-refractivity contribution in [3.63, 3.8) is 0 Å². The van der Waals surface area contributed by atoms with Crippen LogP contribution in [0.25, 0.3) is 5.57 Å². The van der Waals surface area contributed by atoms with Crippen molar-refractivity contribution in [1.29, 1.82) is 0 Å². The summed E-state index contributed by atoms with van der Waals surface area (Å²) in [5.41, 5.74) is 3.47. The Labute approximate surface area is 101 Å². The number of ether oxygens (including phenoxy) is 1. The van der Waals surface area contributed by atoms with Gasteiger partial charge in [-0.05, 0) is 29.7 Å². The molecule has 0 fully saturated rings. The summed E-state index contributed by atoms with van der Waals surface area (Å²) in [6, 6.07) is 8.02. The lowest BCUT2D eigenvalue weighted by Crippen LogP contribution is -2.22. The summed E-state index contributed by atoms with van der Waals surface area (Å²) in [6.07, 6.45) is 3.62. The number of hydrogen-bond acceptors (Lipinski definition) is 3. The molecule has 90 valence electrons. The van der Waals surface area contributed by atoms with Crippen molar-refractivity contribution in [3.8, 4) is 0 Å². The molecule has 0 spiro atoms. The minimum atomic E-state index is -0.193. The number of methoxy groups -OCH3 is 1. The van der Waals surface area contributed by atoms with Crippen LogP contribution in [0.3, 0.4) is 0 Å². The van der Waals surface area contributed by atoms with Crippen molar-refractivity contribution in [2.75, 3.05) is 20.2 Å². The molecule has 0 bridgehead atoms. The van der Waals surface area contributed by atoms with Crippen LogP contribution in [0.2, 0.25) is 0 Å². The van der Waals surface area contributed by atoms with Crippen LogP contribution in [-0.4, -0.2) is 26.2 Å². The van der Waals surface area contributed by atoms with Gasteiger partial charge in [0.1, 0.15) is 0 Å². The van der Waals surface area contributed by atoms with Crippen LogP contribution in [0.4, 0.5) is 0 Å². The van der Waals surface area contributed by atoms with E-state index in [9.17, 15) is 4.79 Å². The lowest BCUT2D eigenvalue weighted by molar-refractivity contribution is -0.139. The molecule has 1 aromatic carbocycles. The van der Waals surface area contributed by atoms with Gasteiger partial charge in [0.2, 0.25) is 0 Å². The van der Waals surface area contributed by atoms with E-state index in [0.717, 1.165) is 30.6 Å². The highest BCUT2D eigenvalue weighted by molar-refractivity contribution is 5.77. The summed E-state index contributed by atoms with van der Waals surface area (Å²) in [4.78, 5) is 11.4. The van der Waals surface area contributed by atoms with Gasteiger partial charge in [0.25, 0.3) is 0 Å². The van der Waals surface area contributed by atoms with Gasteiger partial charge in [-0.3, -0.25) is 4.79 Å². The maximum absolute atomic E-state index is 11.4. The van der Waals surface area contributed by atoms with E-state index in [1.807, 2.05) is 18.2 Å². The first kappa shape index (κ1) is 11.9. The highest BCUT2D eigenvalue weighted by atomic mass is 16.5. The summed E-state index contributed by atoms with van der Waals surface area (Å²) < 4.78 is 4.72. The number of hydrogen-bond donors (Lipinski definition) is 1. The van der Waals surface area contributed by atoms with Crippen LogP contribution in [0.1, 0.15) is 17.5 Å². The summed E-state index contributed by atoms with van der Waals surface area (Å²) in [5, 5.41) is 3.34. The van der Waals surface area contributed by atoms with E-state index in [-0.39, 0.29) is 5.97 Å².